The quantitative estimate of drug-likeness (QED) is 0.0662. The summed E-state index contributed by atoms with van der Waals surface area (Å²) in [5.74, 6) is -0.867. The number of para-hydroxylation sites is 1. The Bertz CT molecular complexity index is 1690. The Hall–Kier alpha value is -5.21. The second-order valence-electron chi connectivity index (χ2n) is 10.2. The Labute approximate surface area is 256 Å². The maximum atomic E-state index is 13.7. The van der Waals surface area contributed by atoms with E-state index in [1.165, 1.54) is 19.4 Å². The molecule has 8 heteroatoms. The van der Waals surface area contributed by atoms with Crippen LogP contribution >= 0.6 is 0 Å². The Morgan fingerprint density at radius 1 is 0.886 bits per heavy atom. The molecule has 0 aliphatic carbocycles. The van der Waals surface area contributed by atoms with Gasteiger partial charge in [-0.05, 0) is 48.2 Å². The predicted molar refractivity (Wildman–Crippen MR) is 168 cm³/mol. The normalized spacial score (nSPS) is 15.2. The molecule has 2 heterocycles. The van der Waals surface area contributed by atoms with Gasteiger partial charge in [0, 0.05) is 24.6 Å². The number of benzene rings is 3. The van der Waals surface area contributed by atoms with Gasteiger partial charge in [0.1, 0.15) is 6.61 Å². The number of hydrogen-bond acceptors (Lipinski definition) is 7. The minimum absolute atomic E-state index is 0.154. The fourth-order valence-electron chi connectivity index (χ4n) is 5.41. The zero-order chi connectivity index (χ0) is 30.7. The number of rotatable bonds is 10. The molecule has 1 aliphatic heterocycles. The molecule has 0 bridgehead atoms. The Morgan fingerprint density at radius 3 is 2.39 bits per heavy atom. The number of hydrogen-bond donors (Lipinski definition) is 0. The molecule has 0 saturated carbocycles. The lowest BCUT2D eigenvalue weighted by Gasteiger charge is -2.35. The van der Waals surface area contributed by atoms with E-state index in [1.54, 1.807) is 41.0 Å². The zero-order valence-corrected chi connectivity index (χ0v) is 24.5. The second-order valence-corrected chi connectivity index (χ2v) is 10.2. The van der Waals surface area contributed by atoms with E-state index < -0.39 is 18.0 Å². The van der Waals surface area contributed by atoms with E-state index in [9.17, 15) is 14.4 Å². The summed E-state index contributed by atoms with van der Waals surface area (Å²) in [4.78, 5) is 40.0. The van der Waals surface area contributed by atoms with Crippen LogP contribution in [0.2, 0.25) is 0 Å². The van der Waals surface area contributed by atoms with Gasteiger partial charge in [-0.1, -0.05) is 85.0 Å². The molecular formula is C36H34N2O6. The number of aromatic nitrogens is 1. The lowest BCUT2D eigenvalue weighted by Crippen LogP contribution is -2.37. The minimum atomic E-state index is -0.450. The molecule has 5 rings (SSSR count). The highest BCUT2D eigenvalue weighted by atomic mass is 16.5. The third kappa shape index (κ3) is 7.22. The molecular weight excluding hydrogens is 556 g/mol. The van der Waals surface area contributed by atoms with Crippen molar-refractivity contribution in [3.63, 3.8) is 0 Å². The summed E-state index contributed by atoms with van der Waals surface area (Å²) in [5, 5.41) is 1.01. The van der Waals surface area contributed by atoms with Crippen LogP contribution in [0.5, 0.6) is 0 Å². The van der Waals surface area contributed by atoms with Crippen molar-refractivity contribution in [1.29, 1.82) is 0 Å². The van der Waals surface area contributed by atoms with Gasteiger partial charge in [0.05, 0.1) is 36.2 Å². The zero-order valence-electron chi connectivity index (χ0n) is 24.5. The number of nitrogens with zero attached hydrogens (tertiary/aromatic N) is 2. The molecule has 0 N–H and O–H groups in total. The molecule has 44 heavy (non-hydrogen) atoms. The van der Waals surface area contributed by atoms with E-state index >= 15 is 0 Å². The van der Waals surface area contributed by atoms with Gasteiger partial charge in [0.15, 0.2) is 0 Å². The third-order valence-electron chi connectivity index (χ3n) is 7.48. The van der Waals surface area contributed by atoms with E-state index in [0.717, 1.165) is 40.7 Å². The monoisotopic (exact) mass is 590 g/mol. The van der Waals surface area contributed by atoms with E-state index in [0.29, 0.717) is 18.5 Å². The smallest absolute Gasteiger partial charge is 0.419 e. The molecule has 8 nitrogen and oxygen atoms in total. The lowest BCUT2D eigenvalue weighted by atomic mass is 9.95. The summed E-state index contributed by atoms with van der Waals surface area (Å²) < 4.78 is 17.5. The van der Waals surface area contributed by atoms with Crippen LogP contribution in [0.4, 0.5) is 4.79 Å². The van der Waals surface area contributed by atoms with E-state index in [1.807, 2.05) is 72.8 Å². The van der Waals surface area contributed by atoms with Crippen LogP contribution in [-0.2, 0) is 32.0 Å². The first-order chi connectivity index (χ1) is 21.6. The summed E-state index contributed by atoms with van der Waals surface area (Å²) >= 11 is 0. The van der Waals surface area contributed by atoms with Crippen LogP contribution in [0.1, 0.15) is 39.6 Å². The topological polar surface area (TPSA) is 87.1 Å². The van der Waals surface area contributed by atoms with Crippen LogP contribution < -0.4 is 0 Å². The Balaban J connectivity index is 1.39. The van der Waals surface area contributed by atoms with Gasteiger partial charge in [0.25, 0.3) is 0 Å². The molecule has 4 aromatic rings. The van der Waals surface area contributed by atoms with Crippen LogP contribution in [0.3, 0.4) is 0 Å². The molecule has 1 aliphatic rings. The number of methoxy groups -OCH3 is 1. The SMILES string of the molecule is COC(=O)/C=C/C[C@H]1c2c(c3ccccc3n2C(=O)OCc2ccccc2)CCN1C/C=C/C=C/OC(=O)c1ccccc1. The second kappa shape index (κ2) is 14.8. The summed E-state index contributed by atoms with van der Waals surface area (Å²) in [6, 6.07) is 26.0. The molecule has 0 unspecified atom stereocenters. The fourth-order valence-corrected chi connectivity index (χ4v) is 5.41. The maximum Gasteiger partial charge on any atom is 0.419 e. The molecule has 1 aromatic heterocycles. The van der Waals surface area contributed by atoms with Gasteiger partial charge < -0.3 is 14.2 Å². The van der Waals surface area contributed by atoms with Crippen molar-refractivity contribution in [2.45, 2.75) is 25.5 Å². The fraction of sp³-hybridized carbons (Fsp3) is 0.194. The first-order valence-corrected chi connectivity index (χ1v) is 14.5. The van der Waals surface area contributed by atoms with Crippen molar-refractivity contribution >= 4 is 28.9 Å². The summed E-state index contributed by atoms with van der Waals surface area (Å²) in [5.41, 5.74) is 4.12. The Kier molecular flexibility index (Phi) is 10.2. The van der Waals surface area contributed by atoms with E-state index in [4.69, 9.17) is 14.2 Å². The van der Waals surface area contributed by atoms with Gasteiger partial charge >= 0.3 is 18.0 Å². The van der Waals surface area contributed by atoms with Gasteiger partial charge in [-0.15, -0.1) is 0 Å². The van der Waals surface area contributed by atoms with Gasteiger partial charge in [-0.25, -0.2) is 19.0 Å². The van der Waals surface area contributed by atoms with Crippen molar-refractivity contribution in [2.24, 2.45) is 0 Å². The molecule has 3 aromatic carbocycles. The number of carbonyl (C=O) groups excluding carboxylic acids is 3. The summed E-state index contributed by atoms with van der Waals surface area (Å²) in [6.45, 7) is 1.46. The molecule has 0 fully saturated rings. The number of fused-ring (bicyclic) bond motifs is 3. The van der Waals surface area contributed by atoms with Crippen molar-refractivity contribution in [2.75, 3.05) is 20.2 Å². The van der Waals surface area contributed by atoms with Crippen LogP contribution in [-0.4, -0.2) is 47.7 Å². The maximum absolute atomic E-state index is 13.7. The standard InChI is InChI=1S/C36H34N2O6/c1-42-33(39)21-13-20-32-34-30(22-24-37(32)23-11-4-12-25-43-35(40)28-16-7-3-8-17-28)29-18-9-10-19-31(29)38(34)36(41)44-26-27-14-5-2-6-15-27/h2-19,21,25,32H,20,22-24,26H2,1H3/b11-4+,21-13+,25-12+/t32-/m0/s1. The number of carbonyl (C=O) groups is 3. The van der Waals surface area contributed by atoms with Crippen LogP contribution in [0.15, 0.2) is 122 Å². The van der Waals surface area contributed by atoms with Crippen LogP contribution in [0, 0.1) is 0 Å². The largest absolute Gasteiger partial charge is 0.466 e. The van der Waals surface area contributed by atoms with Gasteiger partial charge in [-0.2, -0.15) is 0 Å². The number of ether oxygens (including phenoxy) is 3. The molecule has 224 valence electrons. The highest BCUT2D eigenvalue weighted by molar-refractivity contribution is 5.94. The molecule has 1 atom stereocenters. The number of allylic oxidation sites excluding steroid dienone is 2. The van der Waals surface area contributed by atoms with E-state index in [-0.39, 0.29) is 12.6 Å². The average Bonchev–Trinajstić information content (AvgIpc) is 3.41. The number of esters is 2. The molecule has 0 saturated heterocycles. The van der Waals surface area contributed by atoms with Crippen molar-refractivity contribution < 1.29 is 28.6 Å². The molecule has 0 radical (unpaired) electrons. The average molecular weight is 591 g/mol. The minimum Gasteiger partial charge on any atom is -0.466 e. The first kappa shape index (κ1) is 30.3. The van der Waals surface area contributed by atoms with Gasteiger partial charge in [-0.3, -0.25) is 4.90 Å². The van der Waals surface area contributed by atoms with Crippen molar-refractivity contribution in [3.8, 4) is 0 Å². The van der Waals surface area contributed by atoms with Gasteiger partial charge in [0.2, 0.25) is 0 Å². The highest BCUT2D eigenvalue weighted by Gasteiger charge is 2.34. The summed E-state index contributed by atoms with van der Waals surface area (Å²) in [6.07, 6.45) is 10.8. The van der Waals surface area contributed by atoms with Crippen molar-refractivity contribution in [3.05, 3.63) is 144 Å². The Morgan fingerprint density at radius 2 is 1.61 bits per heavy atom. The van der Waals surface area contributed by atoms with Crippen molar-refractivity contribution in [1.82, 2.24) is 9.47 Å². The first-order valence-electron chi connectivity index (χ1n) is 14.5. The van der Waals surface area contributed by atoms with E-state index in [2.05, 4.69) is 4.90 Å². The summed E-state index contributed by atoms with van der Waals surface area (Å²) in [7, 11) is 1.34. The highest BCUT2D eigenvalue weighted by Crippen LogP contribution is 2.39. The van der Waals surface area contributed by atoms with Crippen LogP contribution in [0.25, 0.3) is 10.9 Å². The third-order valence-corrected chi connectivity index (χ3v) is 7.48. The molecule has 0 spiro atoms. The lowest BCUT2D eigenvalue weighted by molar-refractivity contribution is -0.134. The predicted octanol–water partition coefficient (Wildman–Crippen LogP) is 6.77. The molecule has 0 amide bonds.